The molecule has 0 atom stereocenters. The van der Waals surface area contributed by atoms with E-state index < -0.39 is 0 Å². The normalized spacial score (nSPS) is 11.8. The van der Waals surface area contributed by atoms with Crippen LogP contribution >= 0.6 is 0 Å². The molecule has 3 aromatic heterocycles. The Labute approximate surface area is 304 Å². The highest BCUT2D eigenvalue weighted by Crippen LogP contribution is 2.44. The highest BCUT2D eigenvalue weighted by atomic mass is 16.3. The molecule has 8 aromatic carbocycles. The first kappa shape index (κ1) is 29.4. The van der Waals surface area contributed by atoms with E-state index in [0.717, 1.165) is 99.4 Å². The lowest BCUT2D eigenvalue weighted by Gasteiger charge is -2.17. The highest BCUT2D eigenvalue weighted by molar-refractivity contribution is 6.18. The number of benzene rings is 8. The van der Waals surface area contributed by atoms with E-state index in [9.17, 15) is 5.26 Å². The summed E-state index contributed by atoms with van der Waals surface area (Å²) in [5, 5.41) is 16.6. The molecule has 4 heteroatoms. The van der Waals surface area contributed by atoms with Gasteiger partial charge in [-0.25, -0.2) is 0 Å². The van der Waals surface area contributed by atoms with Crippen LogP contribution in [0.1, 0.15) is 5.56 Å². The molecule has 4 nitrogen and oxygen atoms in total. The van der Waals surface area contributed by atoms with Gasteiger partial charge in [-0.2, -0.15) is 5.26 Å². The number of para-hydroxylation sites is 3. The second-order valence-corrected chi connectivity index (χ2v) is 13.6. The van der Waals surface area contributed by atoms with Gasteiger partial charge in [-0.15, -0.1) is 0 Å². The Bertz CT molecular complexity index is 3310. The van der Waals surface area contributed by atoms with Crippen molar-refractivity contribution < 1.29 is 8.83 Å². The largest absolute Gasteiger partial charge is 0.456 e. The van der Waals surface area contributed by atoms with Gasteiger partial charge in [0.25, 0.3) is 0 Å². The zero-order valence-electron chi connectivity index (χ0n) is 28.4. The first-order chi connectivity index (χ1) is 26.2. The van der Waals surface area contributed by atoms with Crippen LogP contribution in [0.25, 0.3) is 105 Å². The first-order valence-electron chi connectivity index (χ1n) is 17.7. The fraction of sp³-hybridized carbons (Fsp3) is 0. The van der Waals surface area contributed by atoms with Crippen molar-refractivity contribution in [3.8, 4) is 45.1 Å². The fourth-order valence-electron chi connectivity index (χ4n) is 8.30. The van der Waals surface area contributed by atoms with Crippen molar-refractivity contribution in [3.05, 3.63) is 175 Å². The van der Waals surface area contributed by atoms with Gasteiger partial charge >= 0.3 is 0 Å². The summed E-state index contributed by atoms with van der Waals surface area (Å²) in [5.41, 5.74) is 13.7. The third kappa shape index (κ3) is 4.41. The third-order valence-corrected chi connectivity index (χ3v) is 10.7. The molecule has 53 heavy (non-hydrogen) atoms. The van der Waals surface area contributed by atoms with E-state index >= 15 is 0 Å². The van der Waals surface area contributed by atoms with Crippen LogP contribution in [0, 0.1) is 11.3 Å². The van der Waals surface area contributed by atoms with Gasteiger partial charge in [-0.05, 0) is 94.0 Å². The number of furan rings is 2. The van der Waals surface area contributed by atoms with Crippen LogP contribution in [0.2, 0.25) is 0 Å². The van der Waals surface area contributed by atoms with E-state index in [2.05, 4.69) is 132 Å². The number of fused-ring (bicyclic) bond motifs is 9. The quantitative estimate of drug-likeness (QED) is 0.186. The number of nitriles is 1. The molecule has 0 amide bonds. The summed E-state index contributed by atoms with van der Waals surface area (Å²) in [4.78, 5) is 0. The highest BCUT2D eigenvalue weighted by Gasteiger charge is 2.20. The summed E-state index contributed by atoms with van der Waals surface area (Å²) in [6.45, 7) is 0. The predicted molar refractivity (Wildman–Crippen MR) is 216 cm³/mol. The van der Waals surface area contributed by atoms with Crippen molar-refractivity contribution in [3.63, 3.8) is 0 Å². The summed E-state index contributed by atoms with van der Waals surface area (Å²) in [5.74, 6) is 0. The minimum Gasteiger partial charge on any atom is -0.456 e. The minimum atomic E-state index is 0.653. The van der Waals surface area contributed by atoms with Crippen molar-refractivity contribution in [2.45, 2.75) is 0 Å². The second-order valence-electron chi connectivity index (χ2n) is 13.6. The van der Waals surface area contributed by atoms with Gasteiger partial charge in [0.05, 0.1) is 22.7 Å². The summed E-state index contributed by atoms with van der Waals surface area (Å²) >= 11 is 0. The fourth-order valence-corrected chi connectivity index (χ4v) is 8.30. The van der Waals surface area contributed by atoms with Crippen LogP contribution in [0.3, 0.4) is 0 Å². The Balaban J connectivity index is 1.22. The Morgan fingerprint density at radius 1 is 0.396 bits per heavy atom. The van der Waals surface area contributed by atoms with E-state index in [1.165, 1.54) is 5.39 Å². The van der Waals surface area contributed by atoms with Crippen molar-refractivity contribution in [2.24, 2.45) is 0 Å². The van der Waals surface area contributed by atoms with Crippen LogP contribution in [0.4, 0.5) is 0 Å². The van der Waals surface area contributed by atoms with Crippen LogP contribution in [-0.2, 0) is 0 Å². The number of nitrogens with zero attached hydrogens (tertiary/aromatic N) is 2. The smallest absolute Gasteiger partial charge is 0.136 e. The van der Waals surface area contributed by atoms with Gasteiger partial charge in [0.2, 0.25) is 0 Å². The molecule has 0 aliphatic heterocycles. The number of hydrogen-bond donors (Lipinski definition) is 0. The van der Waals surface area contributed by atoms with Gasteiger partial charge in [0.1, 0.15) is 22.3 Å². The van der Waals surface area contributed by atoms with E-state index in [4.69, 9.17) is 8.83 Å². The van der Waals surface area contributed by atoms with Crippen LogP contribution in [0.5, 0.6) is 0 Å². The molecule has 0 radical (unpaired) electrons. The standard InChI is InChI=1S/C49H28N2O2/c50-29-32-11-1-2-14-34(32)30-12-9-13-31(25-30)35-24-23-33(26-40(35)38-18-10-22-47-49(38)39-17-5-8-21-46(39)52-47)51-43-19-6-3-15-36(43)41-28-48-42(27-44(41)51)37-16-4-7-20-45(37)53-48/h1-28H. The lowest BCUT2D eigenvalue weighted by Crippen LogP contribution is -1.96. The number of hydrogen-bond acceptors (Lipinski definition) is 3. The van der Waals surface area contributed by atoms with Gasteiger partial charge in [-0.3, -0.25) is 0 Å². The molecule has 0 spiro atoms. The molecule has 11 aromatic rings. The van der Waals surface area contributed by atoms with Crippen molar-refractivity contribution >= 4 is 65.7 Å². The molecular weight excluding hydrogens is 649 g/mol. The van der Waals surface area contributed by atoms with E-state index in [1.807, 2.05) is 48.5 Å². The second kappa shape index (κ2) is 11.3. The molecule has 0 saturated carbocycles. The molecular formula is C49H28N2O2. The lowest BCUT2D eigenvalue weighted by atomic mass is 9.89. The Hall–Kier alpha value is -7.35. The lowest BCUT2D eigenvalue weighted by molar-refractivity contribution is 0.669. The molecule has 3 heterocycles. The molecule has 0 bridgehead atoms. The maximum atomic E-state index is 9.93. The molecule has 0 aliphatic rings. The van der Waals surface area contributed by atoms with Crippen LogP contribution in [-0.4, -0.2) is 4.57 Å². The minimum absolute atomic E-state index is 0.653. The summed E-state index contributed by atoms with van der Waals surface area (Å²) in [6, 6.07) is 61.4. The van der Waals surface area contributed by atoms with E-state index in [-0.39, 0.29) is 0 Å². The third-order valence-electron chi connectivity index (χ3n) is 10.7. The first-order valence-corrected chi connectivity index (χ1v) is 17.7. The van der Waals surface area contributed by atoms with E-state index in [0.29, 0.717) is 5.56 Å². The van der Waals surface area contributed by atoms with Gasteiger partial charge in [-0.1, -0.05) is 109 Å². The molecule has 0 N–H and O–H groups in total. The predicted octanol–water partition coefficient (Wildman–Crippen LogP) is 13.5. The number of rotatable bonds is 4. The zero-order valence-corrected chi connectivity index (χ0v) is 28.4. The Morgan fingerprint density at radius 2 is 1.06 bits per heavy atom. The maximum Gasteiger partial charge on any atom is 0.136 e. The van der Waals surface area contributed by atoms with Crippen LogP contribution in [0.15, 0.2) is 179 Å². The average Bonchev–Trinajstić information content (AvgIpc) is 3.89. The number of aromatic nitrogens is 1. The summed E-state index contributed by atoms with van der Waals surface area (Å²) in [7, 11) is 0. The molecule has 0 unspecified atom stereocenters. The molecule has 11 rings (SSSR count). The van der Waals surface area contributed by atoms with Crippen molar-refractivity contribution in [2.75, 3.05) is 0 Å². The average molecular weight is 677 g/mol. The SMILES string of the molecule is N#Cc1ccccc1-c1cccc(-c2ccc(-n3c4ccccc4c4cc5oc6ccccc6c5cc43)cc2-c2cccc3oc4ccccc4c23)c1. The van der Waals surface area contributed by atoms with Crippen molar-refractivity contribution in [1.82, 2.24) is 4.57 Å². The Kier molecular flexibility index (Phi) is 6.28. The van der Waals surface area contributed by atoms with E-state index in [1.54, 1.807) is 0 Å². The van der Waals surface area contributed by atoms with Gasteiger partial charge in [0.15, 0.2) is 0 Å². The van der Waals surface area contributed by atoms with Gasteiger partial charge < -0.3 is 13.4 Å². The van der Waals surface area contributed by atoms with Crippen LogP contribution < -0.4 is 0 Å². The Morgan fingerprint density at radius 3 is 1.92 bits per heavy atom. The molecule has 0 fully saturated rings. The monoisotopic (exact) mass is 676 g/mol. The van der Waals surface area contributed by atoms with Crippen molar-refractivity contribution in [1.29, 1.82) is 5.26 Å². The van der Waals surface area contributed by atoms with Gasteiger partial charge in [0, 0.05) is 38.0 Å². The maximum absolute atomic E-state index is 9.93. The summed E-state index contributed by atoms with van der Waals surface area (Å²) in [6.07, 6.45) is 0. The topological polar surface area (TPSA) is 55.0 Å². The zero-order chi connectivity index (χ0) is 35.0. The molecule has 0 saturated heterocycles. The summed E-state index contributed by atoms with van der Waals surface area (Å²) < 4.78 is 15.1. The molecule has 0 aliphatic carbocycles. The molecule has 246 valence electrons.